The fourth-order valence-corrected chi connectivity index (χ4v) is 2.20. The Hall–Kier alpha value is -2.14. The topological polar surface area (TPSA) is 69.6 Å². The Morgan fingerprint density at radius 1 is 1.16 bits per heavy atom. The van der Waals surface area contributed by atoms with E-state index in [4.69, 9.17) is 0 Å². The van der Waals surface area contributed by atoms with Gasteiger partial charge in [-0.15, -0.1) is 11.8 Å². The van der Waals surface area contributed by atoms with Crippen LogP contribution in [0.1, 0.15) is 10.4 Å². The minimum Gasteiger partial charge on any atom is -0.508 e. The van der Waals surface area contributed by atoms with Crippen LogP contribution in [0.2, 0.25) is 0 Å². The third-order valence-corrected chi connectivity index (χ3v) is 3.38. The molecule has 0 aliphatic rings. The molecule has 2 aromatic carbocycles. The molecule has 0 radical (unpaired) electrons. The number of rotatable bonds is 3. The van der Waals surface area contributed by atoms with Crippen molar-refractivity contribution in [2.75, 3.05) is 11.6 Å². The highest BCUT2D eigenvalue weighted by Gasteiger charge is 2.13. The van der Waals surface area contributed by atoms with E-state index in [1.807, 2.05) is 24.5 Å². The smallest absolute Gasteiger partial charge is 0.259 e. The lowest BCUT2D eigenvalue weighted by Gasteiger charge is -2.10. The number of nitrogens with one attached hydrogen (secondary N) is 1. The van der Waals surface area contributed by atoms with Crippen LogP contribution in [-0.4, -0.2) is 22.4 Å². The molecule has 4 nitrogen and oxygen atoms in total. The van der Waals surface area contributed by atoms with Crippen molar-refractivity contribution in [1.29, 1.82) is 0 Å². The minimum absolute atomic E-state index is 0.0379. The number of hydrogen-bond acceptors (Lipinski definition) is 4. The predicted octanol–water partition coefficient (Wildman–Crippen LogP) is 3.07. The van der Waals surface area contributed by atoms with Crippen molar-refractivity contribution in [1.82, 2.24) is 0 Å². The van der Waals surface area contributed by atoms with Gasteiger partial charge in [-0.1, -0.05) is 12.1 Å². The summed E-state index contributed by atoms with van der Waals surface area (Å²) < 4.78 is 0. The normalized spacial score (nSPS) is 10.2. The van der Waals surface area contributed by atoms with Crippen LogP contribution in [0.3, 0.4) is 0 Å². The zero-order chi connectivity index (χ0) is 13.8. The molecule has 3 N–H and O–H groups in total. The molecule has 0 fully saturated rings. The molecule has 0 aromatic heterocycles. The maximum absolute atomic E-state index is 12.1. The molecule has 1 amide bonds. The number of aromatic hydroxyl groups is 2. The van der Waals surface area contributed by atoms with Gasteiger partial charge in [0, 0.05) is 4.90 Å². The van der Waals surface area contributed by atoms with Crippen LogP contribution < -0.4 is 5.32 Å². The van der Waals surface area contributed by atoms with Crippen molar-refractivity contribution < 1.29 is 15.0 Å². The molecule has 2 aromatic rings. The Morgan fingerprint density at radius 3 is 2.63 bits per heavy atom. The summed E-state index contributed by atoms with van der Waals surface area (Å²) in [6, 6.07) is 11.2. The summed E-state index contributed by atoms with van der Waals surface area (Å²) in [4.78, 5) is 13.0. The molecule has 19 heavy (non-hydrogen) atoms. The molecular formula is C14H13NO3S. The Labute approximate surface area is 115 Å². The van der Waals surface area contributed by atoms with Gasteiger partial charge in [-0.05, 0) is 36.6 Å². The van der Waals surface area contributed by atoms with Crippen molar-refractivity contribution in [3.8, 4) is 11.5 Å². The van der Waals surface area contributed by atoms with E-state index in [9.17, 15) is 15.0 Å². The van der Waals surface area contributed by atoms with E-state index in [1.54, 1.807) is 6.07 Å². The summed E-state index contributed by atoms with van der Waals surface area (Å²) in [5, 5.41) is 21.7. The fourth-order valence-electron chi connectivity index (χ4n) is 1.64. The van der Waals surface area contributed by atoms with Crippen molar-refractivity contribution in [2.45, 2.75) is 4.90 Å². The summed E-state index contributed by atoms with van der Waals surface area (Å²) in [6.07, 6.45) is 1.91. The molecule has 2 rings (SSSR count). The minimum atomic E-state index is -0.463. The summed E-state index contributed by atoms with van der Waals surface area (Å²) in [5.41, 5.74) is 0.707. The lowest BCUT2D eigenvalue weighted by atomic mass is 10.1. The Kier molecular flexibility index (Phi) is 3.97. The fraction of sp³-hybridized carbons (Fsp3) is 0.0714. The summed E-state index contributed by atoms with van der Waals surface area (Å²) in [5.74, 6) is -0.701. The van der Waals surface area contributed by atoms with E-state index in [2.05, 4.69) is 5.32 Å². The molecule has 0 heterocycles. The second-order valence-corrected chi connectivity index (χ2v) is 4.70. The predicted molar refractivity (Wildman–Crippen MR) is 75.9 cm³/mol. The maximum Gasteiger partial charge on any atom is 0.259 e. The molecule has 0 bridgehead atoms. The van der Waals surface area contributed by atoms with Crippen LogP contribution in [0, 0.1) is 0 Å². The van der Waals surface area contributed by atoms with Gasteiger partial charge in [0.25, 0.3) is 5.91 Å². The van der Waals surface area contributed by atoms with Crippen molar-refractivity contribution in [3.63, 3.8) is 0 Å². The van der Waals surface area contributed by atoms with Gasteiger partial charge >= 0.3 is 0 Å². The highest BCUT2D eigenvalue weighted by atomic mass is 32.2. The van der Waals surface area contributed by atoms with Gasteiger partial charge in [-0.2, -0.15) is 0 Å². The monoisotopic (exact) mass is 275 g/mol. The number of carbonyl (C=O) groups is 1. The largest absolute Gasteiger partial charge is 0.508 e. The number of thioether (sulfide) groups is 1. The van der Waals surface area contributed by atoms with Crippen LogP contribution in [-0.2, 0) is 0 Å². The van der Waals surface area contributed by atoms with E-state index in [-0.39, 0.29) is 17.1 Å². The van der Waals surface area contributed by atoms with Crippen LogP contribution in [0.4, 0.5) is 5.69 Å². The number of amides is 1. The highest BCUT2D eigenvalue weighted by molar-refractivity contribution is 7.98. The van der Waals surface area contributed by atoms with Gasteiger partial charge in [0.1, 0.15) is 11.5 Å². The molecule has 0 saturated heterocycles. The molecule has 0 aliphatic heterocycles. The first kappa shape index (κ1) is 13.3. The number of anilines is 1. The number of phenols is 2. The van der Waals surface area contributed by atoms with Gasteiger partial charge < -0.3 is 15.5 Å². The van der Waals surface area contributed by atoms with Gasteiger partial charge in [-0.25, -0.2) is 0 Å². The molecule has 0 unspecified atom stereocenters. The molecule has 0 spiro atoms. The van der Waals surface area contributed by atoms with Gasteiger partial charge in [0.2, 0.25) is 0 Å². The van der Waals surface area contributed by atoms with Gasteiger partial charge in [0.15, 0.2) is 0 Å². The first-order valence-electron chi connectivity index (χ1n) is 5.58. The molecular weight excluding hydrogens is 262 g/mol. The Balaban J connectivity index is 2.28. The lowest BCUT2D eigenvalue weighted by Crippen LogP contribution is -2.12. The van der Waals surface area contributed by atoms with E-state index < -0.39 is 5.91 Å². The third-order valence-electron chi connectivity index (χ3n) is 2.58. The second-order valence-electron chi connectivity index (χ2n) is 3.86. The molecule has 0 aliphatic carbocycles. The van der Waals surface area contributed by atoms with Gasteiger partial charge in [0.05, 0.1) is 11.3 Å². The number of phenolic OH excluding ortho intramolecular Hbond substituents is 2. The summed E-state index contributed by atoms with van der Waals surface area (Å²) >= 11 is 1.51. The van der Waals surface area contributed by atoms with Crippen molar-refractivity contribution >= 4 is 23.4 Å². The summed E-state index contributed by atoms with van der Waals surface area (Å²) in [6.45, 7) is 0. The molecule has 0 saturated carbocycles. The molecule has 5 heteroatoms. The Bertz CT molecular complexity index is 613. The first-order valence-corrected chi connectivity index (χ1v) is 6.80. The quantitative estimate of drug-likeness (QED) is 0.595. The number of benzene rings is 2. The van der Waals surface area contributed by atoms with Crippen LogP contribution >= 0.6 is 11.8 Å². The van der Waals surface area contributed by atoms with E-state index in [0.29, 0.717) is 5.69 Å². The van der Waals surface area contributed by atoms with Crippen molar-refractivity contribution in [2.24, 2.45) is 0 Å². The average Bonchev–Trinajstić information content (AvgIpc) is 2.42. The third kappa shape index (κ3) is 3.00. The van der Waals surface area contributed by atoms with E-state index in [1.165, 1.54) is 30.0 Å². The highest BCUT2D eigenvalue weighted by Crippen LogP contribution is 2.27. The number of para-hydroxylation sites is 1. The SMILES string of the molecule is CSc1ccccc1NC(=O)c1cc(O)ccc1O. The van der Waals surface area contributed by atoms with Gasteiger partial charge in [-0.3, -0.25) is 4.79 Å². The first-order chi connectivity index (χ1) is 9.11. The van der Waals surface area contributed by atoms with Crippen LogP contribution in [0.25, 0.3) is 0 Å². The Morgan fingerprint density at radius 2 is 1.89 bits per heavy atom. The number of carbonyl (C=O) groups excluding carboxylic acids is 1. The zero-order valence-corrected chi connectivity index (χ0v) is 11.1. The standard InChI is InChI=1S/C14H13NO3S/c1-19-13-5-3-2-4-11(13)15-14(18)10-8-9(16)6-7-12(10)17/h2-8,16-17H,1H3,(H,15,18). The van der Waals surface area contributed by atoms with Crippen LogP contribution in [0.5, 0.6) is 11.5 Å². The van der Waals surface area contributed by atoms with E-state index >= 15 is 0 Å². The lowest BCUT2D eigenvalue weighted by molar-refractivity contribution is 0.102. The van der Waals surface area contributed by atoms with Crippen LogP contribution in [0.15, 0.2) is 47.4 Å². The molecule has 0 atom stereocenters. The zero-order valence-electron chi connectivity index (χ0n) is 10.3. The summed E-state index contributed by atoms with van der Waals surface area (Å²) in [7, 11) is 0. The van der Waals surface area contributed by atoms with Crippen molar-refractivity contribution in [3.05, 3.63) is 48.0 Å². The number of hydrogen-bond donors (Lipinski definition) is 3. The maximum atomic E-state index is 12.1. The average molecular weight is 275 g/mol. The molecule has 98 valence electrons. The second kappa shape index (κ2) is 5.67. The van der Waals surface area contributed by atoms with E-state index in [0.717, 1.165) is 4.90 Å².